The molecule has 140 valence electrons. The van der Waals surface area contributed by atoms with E-state index in [0.717, 1.165) is 35.2 Å². The highest BCUT2D eigenvalue weighted by molar-refractivity contribution is 7.17. The van der Waals surface area contributed by atoms with Crippen molar-refractivity contribution in [3.63, 3.8) is 0 Å². The maximum Gasteiger partial charge on any atom is 0.225 e. The molecule has 1 aromatic carbocycles. The molecule has 8 heteroatoms. The molecule has 4 rings (SSSR count). The van der Waals surface area contributed by atoms with Crippen LogP contribution in [0.5, 0.6) is 0 Å². The van der Waals surface area contributed by atoms with Crippen LogP contribution < -0.4 is 10.2 Å². The maximum atomic E-state index is 12.6. The molecule has 1 amide bonds. The van der Waals surface area contributed by atoms with Gasteiger partial charge in [-0.15, -0.1) is 10.2 Å². The Hall–Kier alpha value is -2.38. The average Bonchev–Trinajstić information content (AvgIpc) is 3.38. The molecule has 0 unspecified atom stereocenters. The second kappa shape index (κ2) is 8.10. The van der Waals surface area contributed by atoms with Crippen LogP contribution in [-0.2, 0) is 11.3 Å². The molecule has 1 aliphatic heterocycles. The Kier molecular flexibility index (Phi) is 5.40. The van der Waals surface area contributed by atoms with Crippen molar-refractivity contribution in [1.82, 2.24) is 20.1 Å². The zero-order valence-corrected chi connectivity index (χ0v) is 16.3. The number of halogens is 1. The van der Waals surface area contributed by atoms with E-state index in [0.29, 0.717) is 18.1 Å². The molecule has 1 N–H and O–H groups in total. The summed E-state index contributed by atoms with van der Waals surface area (Å²) >= 11 is 7.54. The minimum absolute atomic E-state index is 0.0446. The van der Waals surface area contributed by atoms with Gasteiger partial charge in [0.15, 0.2) is 0 Å². The first kappa shape index (κ1) is 18.0. The first-order valence-electron chi connectivity index (χ1n) is 8.93. The van der Waals surface area contributed by atoms with E-state index in [-0.39, 0.29) is 11.8 Å². The van der Waals surface area contributed by atoms with E-state index in [1.165, 1.54) is 0 Å². The zero-order valence-electron chi connectivity index (χ0n) is 14.7. The predicted molar refractivity (Wildman–Crippen MR) is 107 cm³/mol. The molecule has 2 aromatic heterocycles. The second-order valence-electron chi connectivity index (χ2n) is 6.59. The molecule has 0 aliphatic carbocycles. The van der Waals surface area contributed by atoms with Gasteiger partial charge in [-0.05, 0) is 42.7 Å². The first-order valence-corrected chi connectivity index (χ1v) is 10.1. The summed E-state index contributed by atoms with van der Waals surface area (Å²) in [5, 5.41) is 14.0. The lowest BCUT2D eigenvalue weighted by molar-refractivity contribution is -0.125. The van der Waals surface area contributed by atoms with Crippen molar-refractivity contribution in [3.8, 4) is 5.13 Å². The van der Waals surface area contributed by atoms with Crippen molar-refractivity contribution in [2.45, 2.75) is 19.4 Å². The number of aromatic nitrogens is 3. The van der Waals surface area contributed by atoms with Gasteiger partial charge in [0, 0.05) is 37.1 Å². The lowest BCUT2D eigenvalue weighted by Gasteiger charge is -2.31. The highest BCUT2D eigenvalue weighted by Gasteiger charge is 2.27. The van der Waals surface area contributed by atoms with E-state index >= 15 is 0 Å². The van der Waals surface area contributed by atoms with Crippen LogP contribution in [0, 0.1) is 5.92 Å². The number of nitrogens with one attached hydrogen (secondary N) is 1. The molecule has 0 spiro atoms. The smallest absolute Gasteiger partial charge is 0.225 e. The van der Waals surface area contributed by atoms with Crippen molar-refractivity contribution in [2.24, 2.45) is 5.92 Å². The van der Waals surface area contributed by atoms with E-state index < -0.39 is 0 Å². The Bertz CT molecular complexity index is 910. The van der Waals surface area contributed by atoms with Crippen LogP contribution in [-0.4, -0.2) is 33.8 Å². The highest BCUT2D eigenvalue weighted by Crippen LogP contribution is 2.28. The average molecular weight is 402 g/mol. The number of amides is 1. The van der Waals surface area contributed by atoms with Crippen LogP contribution in [0.4, 0.5) is 5.13 Å². The van der Waals surface area contributed by atoms with Crippen molar-refractivity contribution in [1.29, 1.82) is 0 Å². The third-order valence-corrected chi connectivity index (χ3v) is 5.88. The molecule has 1 saturated heterocycles. The summed E-state index contributed by atoms with van der Waals surface area (Å²) in [7, 11) is 0. The van der Waals surface area contributed by atoms with Gasteiger partial charge < -0.3 is 10.2 Å². The third-order valence-electron chi connectivity index (χ3n) is 4.65. The van der Waals surface area contributed by atoms with Crippen LogP contribution in [0.2, 0.25) is 5.02 Å². The van der Waals surface area contributed by atoms with Gasteiger partial charge in [-0.25, -0.2) is 0 Å². The molecule has 0 saturated carbocycles. The summed E-state index contributed by atoms with van der Waals surface area (Å²) in [5.74, 6) is 0.0340. The van der Waals surface area contributed by atoms with E-state index in [2.05, 4.69) is 20.4 Å². The fourth-order valence-electron chi connectivity index (χ4n) is 3.25. The van der Waals surface area contributed by atoms with Gasteiger partial charge in [0.05, 0.1) is 5.92 Å². The molecule has 3 aromatic rings. The fourth-order valence-corrected chi connectivity index (χ4v) is 4.31. The van der Waals surface area contributed by atoms with E-state index in [9.17, 15) is 4.79 Å². The molecule has 0 radical (unpaired) electrons. The topological polar surface area (TPSA) is 63.1 Å². The standard InChI is InChI=1S/C19H20ClN5OS/c20-16-7-3-5-14(11-16)12-21-17(26)15-6-4-10-25(13-15)19-23-22-18(27-19)24-8-1-2-9-24/h1-3,5,7-9,11,15H,4,6,10,12-13H2,(H,21,26)/t15-/m1/s1. The summed E-state index contributed by atoms with van der Waals surface area (Å²) in [6.45, 7) is 2.06. The quantitative estimate of drug-likeness (QED) is 0.710. The molecular weight excluding hydrogens is 382 g/mol. The van der Waals surface area contributed by atoms with Gasteiger partial charge in [0.2, 0.25) is 16.2 Å². The van der Waals surface area contributed by atoms with Gasteiger partial charge in [0.25, 0.3) is 0 Å². The molecule has 6 nitrogen and oxygen atoms in total. The second-order valence-corrected chi connectivity index (χ2v) is 7.96. The molecule has 1 atom stereocenters. The fraction of sp³-hybridized carbons (Fsp3) is 0.316. The number of hydrogen-bond acceptors (Lipinski definition) is 5. The highest BCUT2D eigenvalue weighted by atomic mass is 35.5. The van der Waals surface area contributed by atoms with E-state index in [4.69, 9.17) is 11.6 Å². The summed E-state index contributed by atoms with van der Waals surface area (Å²) in [4.78, 5) is 14.8. The molecular formula is C19H20ClN5OS. The normalized spacial score (nSPS) is 17.1. The summed E-state index contributed by atoms with van der Waals surface area (Å²) < 4.78 is 1.94. The number of piperidine rings is 1. The Morgan fingerprint density at radius 1 is 1.22 bits per heavy atom. The van der Waals surface area contributed by atoms with Crippen molar-refractivity contribution in [2.75, 3.05) is 18.0 Å². The number of benzene rings is 1. The van der Waals surface area contributed by atoms with Crippen LogP contribution in [0.15, 0.2) is 48.8 Å². The summed E-state index contributed by atoms with van der Waals surface area (Å²) in [6, 6.07) is 11.5. The Balaban J connectivity index is 1.37. The van der Waals surface area contributed by atoms with Crippen molar-refractivity contribution < 1.29 is 4.79 Å². The monoisotopic (exact) mass is 401 g/mol. The molecule has 3 heterocycles. The van der Waals surface area contributed by atoms with Gasteiger partial charge in [-0.2, -0.15) is 0 Å². The van der Waals surface area contributed by atoms with Crippen LogP contribution in [0.25, 0.3) is 5.13 Å². The van der Waals surface area contributed by atoms with E-state index in [1.54, 1.807) is 11.3 Å². The van der Waals surface area contributed by atoms with Crippen LogP contribution in [0.3, 0.4) is 0 Å². The lowest BCUT2D eigenvalue weighted by Crippen LogP contribution is -2.43. The van der Waals surface area contributed by atoms with Crippen molar-refractivity contribution in [3.05, 3.63) is 59.4 Å². The number of rotatable bonds is 5. The largest absolute Gasteiger partial charge is 0.352 e. The minimum Gasteiger partial charge on any atom is -0.352 e. The molecule has 1 aliphatic rings. The zero-order chi connectivity index (χ0) is 18.6. The number of hydrogen-bond donors (Lipinski definition) is 1. The minimum atomic E-state index is -0.0446. The number of anilines is 1. The molecule has 0 bridgehead atoms. The van der Waals surface area contributed by atoms with E-state index in [1.807, 2.05) is 53.4 Å². The maximum absolute atomic E-state index is 12.6. The van der Waals surface area contributed by atoms with Crippen LogP contribution >= 0.6 is 22.9 Å². The van der Waals surface area contributed by atoms with Crippen molar-refractivity contribution >= 4 is 34.0 Å². The van der Waals surface area contributed by atoms with Gasteiger partial charge >= 0.3 is 0 Å². The Morgan fingerprint density at radius 3 is 2.85 bits per heavy atom. The number of carbonyl (C=O) groups excluding carboxylic acids is 1. The van der Waals surface area contributed by atoms with Crippen LogP contribution in [0.1, 0.15) is 18.4 Å². The van der Waals surface area contributed by atoms with Gasteiger partial charge in [0.1, 0.15) is 0 Å². The Morgan fingerprint density at radius 2 is 2.04 bits per heavy atom. The predicted octanol–water partition coefficient (Wildman–Crippen LogP) is 3.52. The summed E-state index contributed by atoms with van der Waals surface area (Å²) in [5.41, 5.74) is 1.00. The Labute approximate surface area is 166 Å². The molecule has 27 heavy (non-hydrogen) atoms. The first-order chi connectivity index (χ1) is 13.2. The lowest BCUT2D eigenvalue weighted by atomic mass is 9.97. The third kappa shape index (κ3) is 4.31. The number of nitrogens with zero attached hydrogens (tertiary/aromatic N) is 4. The SMILES string of the molecule is O=C(NCc1cccc(Cl)c1)[C@@H]1CCCN(c2nnc(-n3cccc3)s2)C1. The summed E-state index contributed by atoms with van der Waals surface area (Å²) in [6.07, 6.45) is 5.76. The van der Waals surface area contributed by atoms with Gasteiger partial charge in [-0.1, -0.05) is 35.1 Å². The molecule has 1 fully saturated rings. The number of carbonyl (C=O) groups is 1. The van der Waals surface area contributed by atoms with Gasteiger partial charge in [-0.3, -0.25) is 9.36 Å².